The highest BCUT2D eigenvalue weighted by molar-refractivity contribution is 6.30. The van der Waals surface area contributed by atoms with Crippen LogP contribution in [0.4, 0.5) is 0 Å². The summed E-state index contributed by atoms with van der Waals surface area (Å²) in [6, 6.07) is 14.8. The molecule has 3 nitrogen and oxygen atoms in total. The molecule has 0 spiro atoms. The summed E-state index contributed by atoms with van der Waals surface area (Å²) in [6.45, 7) is 1.02. The maximum absolute atomic E-state index is 12.3. The smallest absolute Gasteiger partial charge is 0.164 e. The van der Waals surface area contributed by atoms with Crippen molar-refractivity contribution in [3.63, 3.8) is 0 Å². The number of piperidine rings is 1. The molecule has 2 aromatic rings. The van der Waals surface area contributed by atoms with Gasteiger partial charge in [0.2, 0.25) is 0 Å². The number of nitrogens with one attached hydrogen (secondary N) is 1. The van der Waals surface area contributed by atoms with Gasteiger partial charge in [0.1, 0.15) is 11.5 Å². The van der Waals surface area contributed by atoms with E-state index in [9.17, 15) is 4.79 Å². The summed E-state index contributed by atoms with van der Waals surface area (Å²) in [5.41, 5.74) is 0.737. The minimum Gasteiger partial charge on any atom is -0.457 e. The Balaban J connectivity index is 1.59. The van der Waals surface area contributed by atoms with Crippen LogP contribution in [0.3, 0.4) is 0 Å². The summed E-state index contributed by atoms with van der Waals surface area (Å²) in [6.07, 6.45) is 4.07. The number of benzene rings is 2. The zero-order valence-electron chi connectivity index (χ0n) is 12.9. The van der Waals surface area contributed by atoms with Gasteiger partial charge in [-0.1, -0.05) is 18.0 Å². The summed E-state index contributed by atoms with van der Waals surface area (Å²) in [7, 11) is 0. The molecule has 0 aliphatic carbocycles. The van der Waals surface area contributed by atoms with E-state index >= 15 is 0 Å². The number of halogens is 1. The van der Waals surface area contributed by atoms with Gasteiger partial charge < -0.3 is 10.1 Å². The van der Waals surface area contributed by atoms with Gasteiger partial charge in [-0.15, -0.1) is 0 Å². The zero-order valence-corrected chi connectivity index (χ0v) is 13.7. The average molecular weight is 330 g/mol. The van der Waals surface area contributed by atoms with Gasteiger partial charge in [-0.05, 0) is 67.9 Å². The SMILES string of the molecule is O=C(CC1CCCCN1)c1ccc(Oc2ccc(Cl)cc2)cc1. The molecular weight excluding hydrogens is 310 g/mol. The maximum atomic E-state index is 12.3. The Morgan fingerprint density at radius 1 is 1.04 bits per heavy atom. The van der Waals surface area contributed by atoms with Crippen LogP contribution in [0, 0.1) is 0 Å². The van der Waals surface area contributed by atoms with Crippen LogP contribution in [-0.4, -0.2) is 18.4 Å². The number of carbonyl (C=O) groups is 1. The number of hydrogen-bond acceptors (Lipinski definition) is 3. The first-order chi connectivity index (χ1) is 11.2. The molecule has 1 aliphatic rings. The van der Waals surface area contributed by atoms with Gasteiger partial charge in [-0.3, -0.25) is 4.79 Å². The number of rotatable bonds is 5. The lowest BCUT2D eigenvalue weighted by atomic mass is 9.97. The normalized spacial score (nSPS) is 17.7. The molecule has 120 valence electrons. The Hall–Kier alpha value is -1.84. The van der Waals surface area contributed by atoms with Gasteiger partial charge >= 0.3 is 0 Å². The fraction of sp³-hybridized carbons (Fsp3) is 0.316. The Morgan fingerprint density at radius 2 is 1.70 bits per heavy atom. The van der Waals surface area contributed by atoms with Crippen molar-refractivity contribution in [2.45, 2.75) is 31.7 Å². The molecule has 1 fully saturated rings. The van der Waals surface area contributed by atoms with E-state index in [1.165, 1.54) is 12.8 Å². The molecule has 3 rings (SSSR count). The van der Waals surface area contributed by atoms with Crippen molar-refractivity contribution >= 4 is 17.4 Å². The third-order valence-electron chi connectivity index (χ3n) is 4.07. The highest BCUT2D eigenvalue weighted by Gasteiger charge is 2.17. The monoisotopic (exact) mass is 329 g/mol. The van der Waals surface area contributed by atoms with Crippen molar-refractivity contribution in [3.05, 3.63) is 59.1 Å². The molecule has 1 aliphatic heterocycles. The lowest BCUT2D eigenvalue weighted by molar-refractivity contribution is 0.0963. The minimum absolute atomic E-state index is 0.183. The van der Waals surface area contributed by atoms with Crippen LogP contribution in [0.5, 0.6) is 11.5 Å². The second-order valence-electron chi connectivity index (χ2n) is 5.85. The standard InChI is InChI=1S/C19H20ClNO2/c20-15-6-10-18(11-7-15)23-17-8-4-14(5-9-17)19(22)13-16-3-1-2-12-21-16/h4-11,16,21H,1-3,12-13H2. The number of hydrogen-bond donors (Lipinski definition) is 1. The van der Waals surface area contributed by atoms with Crippen LogP contribution in [0.15, 0.2) is 48.5 Å². The second kappa shape index (κ2) is 7.62. The summed E-state index contributed by atoms with van der Waals surface area (Å²) in [5, 5.41) is 4.09. The summed E-state index contributed by atoms with van der Waals surface area (Å²) >= 11 is 5.85. The first-order valence-corrected chi connectivity index (χ1v) is 8.38. The van der Waals surface area contributed by atoms with E-state index in [2.05, 4.69) is 5.32 Å². The molecule has 0 bridgehead atoms. The minimum atomic E-state index is 0.183. The van der Waals surface area contributed by atoms with Crippen molar-refractivity contribution < 1.29 is 9.53 Å². The van der Waals surface area contributed by atoms with Crippen LogP contribution >= 0.6 is 11.6 Å². The number of carbonyl (C=O) groups excluding carboxylic acids is 1. The fourth-order valence-corrected chi connectivity index (χ4v) is 2.91. The number of ether oxygens (including phenoxy) is 1. The first kappa shape index (κ1) is 16.0. The summed E-state index contributed by atoms with van der Waals surface area (Å²) in [5.74, 6) is 1.61. The van der Waals surface area contributed by atoms with Gasteiger partial charge in [0.25, 0.3) is 0 Å². The Kier molecular flexibility index (Phi) is 5.31. The zero-order chi connectivity index (χ0) is 16.1. The summed E-state index contributed by atoms with van der Waals surface area (Å²) < 4.78 is 5.74. The highest BCUT2D eigenvalue weighted by atomic mass is 35.5. The van der Waals surface area contributed by atoms with E-state index in [1.54, 1.807) is 12.1 Å². The Morgan fingerprint density at radius 3 is 2.30 bits per heavy atom. The Labute approximate surface area is 141 Å². The molecule has 0 aromatic heterocycles. The average Bonchev–Trinajstić information content (AvgIpc) is 2.58. The van der Waals surface area contributed by atoms with Crippen LogP contribution in [-0.2, 0) is 0 Å². The molecule has 0 radical (unpaired) electrons. The van der Waals surface area contributed by atoms with Crippen molar-refractivity contribution in [2.24, 2.45) is 0 Å². The van der Waals surface area contributed by atoms with E-state index in [4.69, 9.17) is 16.3 Å². The van der Waals surface area contributed by atoms with Crippen molar-refractivity contribution in [2.75, 3.05) is 6.54 Å². The molecule has 0 saturated carbocycles. The van der Waals surface area contributed by atoms with Gasteiger partial charge in [-0.25, -0.2) is 0 Å². The van der Waals surface area contributed by atoms with E-state index in [0.717, 1.165) is 24.3 Å². The first-order valence-electron chi connectivity index (χ1n) is 8.01. The molecule has 1 saturated heterocycles. The van der Waals surface area contributed by atoms with Gasteiger partial charge in [0.05, 0.1) is 0 Å². The molecule has 4 heteroatoms. The van der Waals surface area contributed by atoms with Crippen molar-refractivity contribution in [1.29, 1.82) is 0 Å². The highest BCUT2D eigenvalue weighted by Crippen LogP contribution is 2.24. The number of ketones is 1. The van der Waals surface area contributed by atoms with Crippen LogP contribution in [0.25, 0.3) is 0 Å². The van der Waals surface area contributed by atoms with Gasteiger partial charge in [-0.2, -0.15) is 0 Å². The lowest BCUT2D eigenvalue weighted by Crippen LogP contribution is -2.35. The van der Waals surface area contributed by atoms with Gasteiger partial charge in [0, 0.05) is 23.0 Å². The lowest BCUT2D eigenvalue weighted by Gasteiger charge is -2.22. The molecule has 0 amide bonds. The van der Waals surface area contributed by atoms with Crippen molar-refractivity contribution in [1.82, 2.24) is 5.32 Å². The molecule has 1 heterocycles. The van der Waals surface area contributed by atoms with Crippen LogP contribution in [0.2, 0.25) is 5.02 Å². The molecular formula is C19H20ClNO2. The van der Waals surface area contributed by atoms with Crippen molar-refractivity contribution in [3.8, 4) is 11.5 Å². The molecule has 1 N–H and O–H groups in total. The van der Waals surface area contributed by atoms with Gasteiger partial charge in [0.15, 0.2) is 5.78 Å². The second-order valence-corrected chi connectivity index (χ2v) is 6.29. The third-order valence-corrected chi connectivity index (χ3v) is 4.32. The van der Waals surface area contributed by atoms with E-state index in [-0.39, 0.29) is 5.78 Å². The largest absolute Gasteiger partial charge is 0.457 e. The summed E-state index contributed by atoms with van der Waals surface area (Å²) in [4.78, 5) is 12.3. The maximum Gasteiger partial charge on any atom is 0.164 e. The third kappa shape index (κ3) is 4.57. The molecule has 23 heavy (non-hydrogen) atoms. The van der Waals surface area contributed by atoms with Crippen LogP contribution in [0.1, 0.15) is 36.0 Å². The molecule has 1 atom stereocenters. The Bertz CT molecular complexity index is 646. The van der Waals surface area contributed by atoms with E-state index in [1.807, 2.05) is 36.4 Å². The number of Topliss-reactive ketones (excluding diaryl/α,β-unsaturated/α-hetero) is 1. The van der Waals surface area contributed by atoms with Crippen LogP contribution < -0.4 is 10.1 Å². The fourth-order valence-electron chi connectivity index (χ4n) is 2.79. The molecule has 1 unspecified atom stereocenters. The van der Waals surface area contributed by atoms with E-state index < -0.39 is 0 Å². The molecule has 2 aromatic carbocycles. The topological polar surface area (TPSA) is 38.3 Å². The quantitative estimate of drug-likeness (QED) is 0.797. The predicted molar refractivity (Wildman–Crippen MR) is 92.6 cm³/mol. The predicted octanol–water partition coefficient (Wildman–Crippen LogP) is 4.85. The van der Waals surface area contributed by atoms with E-state index in [0.29, 0.717) is 23.2 Å².